The fourth-order valence-electron chi connectivity index (χ4n) is 1.78. The highest BCUT2D eigenvalue weighted by molar-refractivity contribution is 6.17. The summed E-state index contributed by atoms with van der Waals surface area (Å²) in [6.07, 6.45) is 3.84. The molecule has 0 amide bonds. The standard InChI is InChI=1S/C13H16ClN3/c1-11-4-2-5-12(8-11)9-17-10-13(15-16-17)6-3-7-14/h2,4-5,8,10H,3,6-7,9H2,1H3. The van der Waals surface area contributed by atoms with Gasteiger partial charge in [-0.05, 0) is 25.3 Å². The number of alkyl halides is 1. The predicted octanol–water partition coefficient (Wildman–Crippen LogP) is 2.81. The van der Waals surface area contributed by atoms with E-state index in [0.717, 1.165) is 25.1 Å². The highest BCUT2D eigenvalue weighted by Gasteiger charge is 2.01. The Morgan fingerprint density at radius 1 is 1.35 bits per heavy atom. The van der Waals surface area contributed by atoms with Crippen LogP contribution in [0.4, 0.5) is 0 Å². The molecule has 3 nitrogen and oxygen atoms in total. The van der Waals surface area contributed by atoms with Crippen LogP contribution in [0.15, 0.2) is 30.5 Å². The molecule has 0 saturated heterocycles. The summed E-state index contributed by atoms with van der Waals surface area (Å²) in [6, 6.07) is 8.43. The quantitative estimate of drug-likeness (QED) is 0.763. The van der Waals surface area contributed by atoms with Gasteiger partial charge in [-0.1, -0.05) is 35.0 Å². The number of hydrogen-bond acceptors (Lipinski definition) is 2. The average Bonchev–Trinajstić information content (AvgIpc) is 2.74. The zero-order valence-corrected chi connectivity index (χ0v) is 10.7. The van der Waals surface area contributed by atoms with E-state index >= 15 is 0 Å². The maximum absolute atomic E-state index is 5.65. The molecule has 0 radical (unpaired) electrons. The van der Waals surface area contributed by atoms with Gasteiger partial charge in [-0.2, -0.15) is 0 Å². The van der Waals surface area contributed by atoms with Gasteiger partial charge in [0.25, 0.3) is 0 Å². The number of aryl methyl sites for hydroxylation is 2. The summed E-state index contributed by atoms with van der Waals surface area (Å²) >= 11 is 5.65. The minimum absolute atomic E-state index is 0.671. The summed E-state index contributed by atoms with van der Waals surface area (Å²) in [5.74, 6) is 0.671. The lowest BCUT2D eigenvalue weighted by molar-refractivity contribution is 0.649. The molecule has 0 N–H and O–H groups in total. The summed E-state index contributed by atoms with van der Waals surface area (Å²) in [5, 5.41) is 8.24. The molecular weight excluding hydrogens is 234 g/mol. The van der Waals surface area contributed by atoms with Crippen LogP contribution in [-0.2, 0) is 13.0 Å². The van der Waals surface area contributed by atoms with E-state index in [1.165, 1.54) is 11.1 Å². The molecule has 0 bridgehead atoms. The molecule has 0 spiro atoms. The van der Waals surface area contributed by atoms with Crippen LogP contribution in [-0.4, -0.2) is 20.9 Å². The summed E-state index contributed by atoms with van der Waals surface area (Å²) < 4.78 is 1.87. The van der Waals surface area contributed by atoms with Crippen molar-refractivity contribution in [1.29, 1.82) is 0 Å². The number of benzene rings is 1. The Bertz CT molecular complexity index is 479. The van der Waals surface area contributed by atoms with Gasteiger partial charge in [0.2, 0.25) is 0 Å². The third-order valence-corrected chi connectivity index (χ3v) is 2.85. The van der Waals surface area contributed by atoms with Crippen molar-refractivity contribution in [2.24, 2.45) is 0 Å². The van der Waals surface area contributed by atoms with Crippen LogP contribution in [0.5, 0.6) is 0 Å². The van der Waals surface area contributed by atoms with Crippen molar-refractivity contribution in [1.82, 2.24) is 15.0 Å². The molecular formula is C13H16ClN3. The smallest absolute Gasteiger partial charge is 0.0827 e. The van der Waals surface area contributed by atoms with Crippen molar-refractivity contribution in [2.75, 3.05) is 5.88 Å². The Morgan fingerprint density at radius 2 is 2.24 bits per heavy atom. The van der Waals surface area contributed by atoms with Gasteiger partial charge in [0.05, 0.1) is 12.2 Å². The molecule has 1 heterocycles. The Morgan fingerprint density at radius 3 is 3.00 bits per heavy atom. The van der Waals surface area contributed by atoms with Gasteiger partial charge in [-0.3, -0.25) is 0 Å². The summed E-state index contributed by atoms with van der Waals surface area (Å²) in [6.45, 7) is 2.87. The highest BCUT2D eigenvalue weighted by Crippen LogP contribution is 2.06. The Labute approximate surface area is 106 Å². The van der Waals surface area contributed by atoms with Gasteiger partial charge in [-0.15, -0.1) is 16.7 Å². The van der Waals surface area contributed by atoms with Crippen LogP contribution in [0.2, 0.25) is 0 Å². The molecule has 0 fully saturated rings. The van der Waals surface area contributed by atoms with Crippen LogP contribution in [0.3, 0.4) is 0 Å². The minimum Gasteiger partial charge on any atom is -0.248 e. The van der Waals surface area contributed by atoms with Gasteiger partial charge in [0, 0.05) is 12.1 Å². The van der Waals surface area contributed by atoms with E-state index in [1.54, 1.807) is 0 Å². The van der Waals surface area contributed by atoms with Gasteiger partial charge in [-0.25, -0.2) is 4.68 Å². The largest absolute Gasteiger partial charge is 0.248 e. The second kappa shape index (κ2) is 5.82. The zero-order chi connectivity index (χ0) is 12.1. The molecule has 2 aromatic rings. The molecule has 0 aliphatic carbocycles. The van der Waals surface area contributed by atoms with Crippen molar-refractivity contribution in [3.63, 3.8) is 0 Å². The minimum atomic E-state index is 0.671. The zero-order valence-electron chi connectivity index (χ0n) is 9.93. The van der Waals surface area contributed by atoms with Gasteiger partial charge in [0.15, 0.2) is 0 Å². The molecule has 0 aliphatic heterocycles. The Kier molecular flexibility index (Phi) is 4.15. The number of aromatic nitrogens is 3. The average molecular weight is 250 g/mol. The Hall–Kier alpha value is -1.35. The monoisotopic (exact) mass is 249 g/mol. The molecule has 90 valence electrons. The van der Waals surface area contributed by atoms with Crippen molar-refractivity contribution < 1.29 is 0 Å². The lowest BCUT2D eigenvalue weighted by Crippen LogP contribution is -2.00. The van der Waals surface area contributed by atoms with Crippen molar-refractivity contribution in [3.8, 4) is 0 Å². The summed E-state index contributed by atoms with van der Waals surface area (Å²) in [7, 11) is 0. The van der Waals surface area contributed by atoms with Crippen LogP contribution in [0.1, 0.15) is 23.2 Å². The maximum atomic E-state index is 5.65. The van der Waals surface area contributed by atoms with Crippen molar-refractivity contribution in [3.05, 3.63) is 47.3 Å². The molecule has 1 aromatic carbocycles. The normalized spacial score (nSPS) is 10.7. The first kappa shape index (κ1) is 12.1. The van der Waals surface area contributed by atoms with Crippen LogP contribution in [0.25, 0.3) is 0 Å². The fraction of sp³-hybridized carbons (Fsp3) is 0.385. The molecule has 0 aliphatic rings. The number of rotatable bonds is 5. The Balaban J connectivity index is 2.01. The third-order valence-electron chi connectivity index (χ3n) is 2.58. The van der Waals surface area contributed by atoms with Gasteiger partial charge >= 0.3 is 0 Å². The lowest BCUT2D eigenvalue weighted by Gasteiger charge is -2.01. The highest BCUT2D eigenvalue weighted by atomic mass is 35.5. The summed E-state index contributed by atoms with van der Waals surface area (Å²) in [5.41, 5.74) is 3.53. The van der Waals surface area contributed by atoms with E-state index in [4.69, 9.17) is 11.6 Å². The summed E-state index contributed by atoms with van der Waals surface area (Å²) in [4.78, 5) is 0. The second-order valence-electron chi connectivity index (χ2n) is 4.19. The molecule has 1 aromatic heterocycles. The van der Waals surface area contributed by atoms with Crippen LogP contribution in [0, 0.1) is 6.92 Å². The molecule has 4 heteroatoms. The number of halogens is 1. The molecule has 17 heavy (non-hydrogen) atoms. The first-order chi connectivity index (χ1) is 8.28. The SMILES string of the molecule is Cc1cccc(Cn2cc(CCCCl)nn2)c1. The van der Waals surface area contributed by atoms with Gasteiger partial charge in [0.1, 0.15) is 0 Å². The lowest BCUT2D eigenvalue weighted by atomic mass is 10.1. The number of nitrogens with zero attached hydrogens (tertiary/aromatic N) is 3. The third kappa shape index (κ3) is 3.56. The molecule has 0 atom stereocenters. The van der Waals surface area contributed by atoms with E-state index < -0.39 is 0 Å². The topological polar surface area (TPSA) is 30.7 Å². The fourth-order valence-corrected chi connectivity index (χ4v) is 1.91. The van der Waals surface area contributed by atoms with Crippen LogP contribution < -0.4 is 0 Å². The van der Waals surface area contributed by atoms with E-state index in [1.807, 2.05) is 10.9 Å². The van der Waals surface area contributed by atoms with E-state index in [2.05, 4.69) is 41.5 Å². The van der Waals surface area contributed by atoms with Gasteiger partial charge < -0.3 is 0 Å². The maximum Gasteiger partial charge on any atom is 0.0827 e. The first-order valence-corrected chi connectivity index (χ1v) is 6.32. The van der Waals surface area contributed by atoms with E-state index in [9.17, 15) is 0 Å². The second-order valence-corrected chi connectivity index (χ2v) is 4.57. The van der Waals surface area contributed by atoms with Crippen LogP contribution >= 0.6 is 11.6 Å². The first-order valence-electron chi connectivity index (χ1n) is 5.78. The van der Waals surface area contributed by atoms with Crippen molar-refractivity contribution >= 4 is 11.6 Å². The molecule has 0 unspecified atom stereocenters. The number of hydrogen-bond donors (Lipinski definition) is 0. The van der Waals surface area contributed by atoms with E-state index in [-0.39, 0.29) is 0 Å². The predicted molar refractivity (Wildman–Crippen MR) is 69.3 cm³/mol. The van der Waals surface area contributed by atoms with Crippen molar-refractivity contribution in [2.45, 2.75) is 26.3 Å². The molecule has 2 rings (SSSR count). The molecule has 0 saturated carbocycles. The van der Waals surface area contributed by atoms with E-state index in [0.29, 0.717) is 5.88 Å².